The third kappa shape index (κ3) is 4.75. The number of rotatable bonds is 5. The summed E-state index contributed by atoms with van der Waals surface area (Å²) < 4.78 is 1.63. The number of hydrogen-bond acceptors (Lipinski definition) is 3. The first-order chi connectivity index (χ1) is 10.6. The average Bonchev–Trinajstić information content (AvgIpc) is 2.66. The van der Waals surface area contributed by atoms with Crippen LogP contribution in [0.3, 0.4) is 0 Å². The quantitative estimate of drug-likeness (QED) is 0.812. The smallest absolute Gasteiger partial charge is 0.320 e. The SMILES string of the molecule is Cc1cc(NC(=O)NCCCN2CCCCCC2=O)n(C)n1. The van der Waals surface area contributed by atoms with Crippen molar-refractivity contribution in [3.63, 3.8) is 0 Å². The first kappa shape index (κ1) is 16.3. The lowest BCUT2D eigenvalue weighted by molar-refractivity contribution is -0.130. The van der Waals surface area contributed by atoms with Crippen LogP contribution >= 0.6 is 0 Å². The number of amides is 3. The summed E-state index contributed by atoms with van der Waals surface area (Å²) in [6.45, 7) is 3.98. The molecule has 3 amide bonds. The molecule has 0 saturated carbocycles. The molecule has 2 heterocycles. The Bertz CT molecular complexity index is 526. The molecule has 0 aromatic carbocycles. The fraction of sp³-hybridized carbons (Fsp3) is 0.667. The lowest BCUT2D eigenvalue weighted by atomic mass is 10.2. The van der Waals surface area contributed by atoms with Crippen molar-refractivity contribution < 1.29 is 9.59 Å². The summed E-state index contributed by atoms with van der Waals surface area (Å²) in [4.78, 5) is 25.6. The predicted molar refractivity (Wildman–Crippen MR) is 84.6 cm³/mol. The number of urea groups is 1. The molecule has 0 radical (unpaired) electrons. The van der Waals surface area contributed by atoms with Gasteiger partial charge in [0.05, 0.1) is 5.69 Å². The van der Waals surface area contributed by atoms with Gasteiger partial charge in [-0.25, -0.2) is 4.79 Å². The molecule has 0 aliphatic carbocycles. The van der Waals surface area contributed by atoms with Gasteiger partial charge < -0.3 is 10.2 Å². The Balaban J connectivity index is 1.66. The van der Waals surface area contributed by atoms with Crippen LogP contribution in [0, 0.1) is 6.92 Å². The summed E-state index contributed by atoms with van der Waals surface area (Å²) in [6.07, 6.45) is 4.64. The zero-order valence-electron chi connectivity index (χ0n) is 13.4. The zero-order chi connectivity index (χ0) is 15.9. The molecule has 0 bridgehead atoms. The van der Waals surface area contributed by atoms with Crippen molar-refractivity contribution >= 4 is 17.8 Å². The minimum absolute atomic E-state index is 0.243. The molecule has 1 aliphatic heterocycles. The lowest BCUT2D eigenvalue weighted by Crippen LogP contribution is -2.35. The van der Waals surface area contributed by atoms with Crippen molar-refractivity contribution in [1.82, 2.24) is 20.0 Å². The molecule has 0 spiro atoms. The predicted octanol–water partition coefficient (Wildman–Crippen LogP) is 1.64. The Morgan fingerprint density at radius 2 is 2.18 bits per heavy atom. The molecule has 2 N–H and O–H groups in total. The molecular weight excluding hydrogens is 282 g/mol. The van der Waals surface area contributed by atoms with Gasteiger partial charge in [-0.05, 0) is 26.2 Å². The maximum Gasteiger partial charge on any atom is 0.320 e. The van der Waals surface area contributed by atoms with Crippen LogP contribution in [0.1, 0.15) is 37.8 Å². The Morgan fingerprint density at radius 1 is 1.36 bits per heavy atom. The van der Waals surface area contributed by atoms with Crippen LogP contribution in [-0.4, -0.2) is 46.3 Å². The number of nitrogens with one attached hydrogen (secondary N) is 2. The maximum atomic E-state index is 11.8. The topological polar surface area (TPSA) is 79.3 Å². The van der Waals surface area contributed by atoms with Gasteiger partial charge in [-0.15, -0.1) is 0 Å². The van der Waals surface area contributed by atoms with Crippen LogP contribution in [0.2, 0.25) is 0 Å². The molecule has 7 heteroatoms. The molecule has 1 saturated heterocycles. The molecule has 7 nitrogen and oxygen atoms in total. The number of carbonyl (C=O) groups excluding carboxylic acids is 2. The normalized spacial score (nSPS) is 15.5. The molecule has 0 atom stereocenters. The monoisotopic (exact) mass is 307 g/mol. The van der Waals surface area contributed by atoms with Crippen LogP contribution in [0.25, 0.3) is 0 Å². The van der Waals surface area contributed by atoms with Crippen LogP contribution in [-0.2, 0) is 11.8 Å². The van der Waals surface area contributed by atoms with Gasteiger partial charge in [0.1, 0.15) is 5.82 Å². The highest BCUT2D eigenvalue weighted by Gasteiger charge is 2.15. The molecule has 1 aromatic heterocycles. The standard InChI is InChI=1S/C15H25N5O2/c1-12-11-13(19(2)18-12)17-15(22)16-8-6-10-20-9-5-3-4-7-14(20)21/h11H,3-10H2,1-2H3,(H2,16,17,22). The van der Waals surface area contributed by atoms with Crippen molar-refractivity contribution in [1.29, 1.82) is 0 Å². The molecule has 122 valence electrons. The van der Waals surface area contributed by atoms with Crippen molar-refractivity contribution in [2.24, 2.45) is 7.05 Å². The number of anilines is 1. The number of likely N-dealkylation sites (tertiary alicyclic amines) is 1. The third-order valence-corrected chi connectivity index (χ3v) is 3.81. The summed E-state index contributed by atoms with van der Waals surface area (Å²) in [6, 6.07) is 1.57. The van der Waals surface area contributed by atoms with Gasteiger partial charge in [-0.1, -0.05) is 6.42 Å². The summed E-state index contributed by atoms with van der Waals surface area (Å²) in [5.41, 5.74) is 0.859. The summed E-state index contributed by atoms with van der Waals surface area (Å²) in [7, 11) is 1.79. The van der Waals surface area contributed by atoms with E-state index in [-0.39, 0.29) is 11.9 Å². The number of nitrogens with zero attached hydrogens (tertiary/aromatic N) is 3. The zero-order valence-corrected chi connectivity index (χ0v) is 13.4. The van der Waals surface area contributed by atoms with Crippen molar-refractivity contribution in [3.8, 4) is 0 Å². The van der Waals surface area contributed by atoms with E-state index in [1.54, 1.807) is 11.7 Å². The largest absolute Gasteiger partial charge is 0.343 e. The van der Waals surface area contributed by atoms with E-state index in [2.05, 4.69) is 15.7 Å². The van der Waals surface area contributed by atoms with E-state index >= 15 is 0 Å². The lowest BCUT2D eigenvalue weighted by Gasteiger charge is -2.20. The fourth-order valence-corrected chi connectivity index (χ4v) is 2.63. The fourth-order valence-electron chi connectivity index (χ4n) is 2.63. The number of aryl methyl sites for hydroxylation is 2. The number of carbonyl (C=O) groups is 2. The van der Waals surface area contributed by atoms with Gasteiger partial charge in [-0.3, -0.25) is 14.8 Å². The third-order valence-electron chi connectivity index (χ3n) is 3.81. The van der Waals surface area contributed by atoms with Gasteiger partial charge in [0, 0.05) is 39.2 Å². The molecule has 1 aliphatic rings. The highest BCUT2D eigenvalue weighted by Crippen LogP contribution is 2.11. The second-order valence-corrected chi connectivity index (χ2v) is 5.72. The van der Waals surface area contributed by atoms with Crippen LogP contribution in [0.5, 0.6) is 0 Å². The van der Waals surface area contributed by atoms with E-state index in [1.165, 1.54) is 0 Å². The Kier molecular flexibility index (Phi) is 5.80. The molecule has 0 unspecified atom stereocenters. The summed E-state index contributed by atoms with van der Waals surface area (Å²) >= 11 is 0. The van der Waals surface area contributed by atoms with Crippen LogP contribution in [0.15, 0.2) is 6.07 Å². The van der Waals surface area contributed by atoms with E-state index in [9.17, 15) is 9.59 Å². The van der Waals surface area contributed by atoms with Gasteiger partial charge >= 0.3 is 6.03 Å². The van der Waals surface area contributed by atoms with Gasteiger partial charge in [-0.2, -0.15) is 5.10 Å². The van der Waals surface area contributed by atoms with Gasteiger partial charge in [0.15, 0.2) is 0 Å². The Labute approximate surface area is 131 Å². The van der Waals surface area contributed by atoms with E-state index in [0.29, 0.717) is 25.3 Å². The maximum absolute atomic E-state index is 11.8. The average molecular weight is 307 g/mol. The van der Waals surface area contributed by atoms with E-state index in [1.807, 2.05) is 17.9 Å². The molecule has 2 rings (SSSR count). The van der Waals surface area contributed by atoms with Crippen molar-refractivity contribution in [2.75, 3.05) is 25.0 Å². The minimum Gasteiger partial charge on any atom is -0.343 e. The Morgan fingerprint density at radius 3 is 2.91 bits per heavy atom. The van der Waals surface area contributed by atoms with Crippen molar-refractivity contribution in [3.05, 3.63) is 11.8 Å². The first-order valence-corrected chi connectivity index (χ1v) is 7.89. The number of hydrogen-bond donors (Lipinski definition) is 2. The van der Waals surface area contributed by atoms with Crippen molar-refractivity contribution in [2.45, 2.75) is 39.0 Å². The van der Waals surface area contributed by atoms with E-state index < -0.39 is 0 Å². The summed E-state index contributed by atoms with van der Waals surface area (Å²) in [5, 5.41) is 9.74. The van der Waals surface area contributed by atoms with E-state index in [4.69, 9.17) is 0 Å². The molecule has 22 heavy (non-hydrogen) atoms. The van der Waals surface area contributed by atoms with Gasteiger partial charge in [0.25, 0.3) is 0 Å². The van der Waals surface area contributed by atoms with Crippen LogP contribution in [0.4, 0.5) is 10.6 Å². The van der Waals surface area contributed by atoms with Gasteiger partial charge in [0.2, 0.25) is 5.91 Å². The molecule has 1 aromatic rings. The minimum atomic E-state index is -0.245. The summed E-state index contributed by atoms with van der Waals surface area (Å²) in [5.74, 6) is 0.907. The molecular formula is C15H25N5O2. The van der Waals surface area contributed by atoms with E-state index in [0.717, 1.165) is 37.9 Å². The number of aromatic nitrogens is 2. The molecule has 1 fully saturated rings. The Hall–Kier alpha value is -2.05. The highest BCUT2D eigenvalue weighted by molar-refractivity contribution is 5.88. The second-order valence-electron chi connectivity index (χ2n) is 5.72. The van der Waals surface area contributed by atoms with Crippen LogP contribution < -0.4 is 10.6 Å². The second kappa shape index (κ2) is 7.82. The highest BCUT2D eigenvalue weighted by atomic mass is 16.2. The first-order valence-electron chi connectivity index (χ1n) is 7.89.